The maximum Gasteiger partial charge on any atom is 0.257 e. The summed E-state index contributed by atoms with van der Waals surface area (Å²) in [5, 5.41) is 4.51. The molecule has 2 aliphatic rings. The smallest absolute Gasteiger partial charge is 0.257 e. The molecule has 1 fully saturated rings. The van der Waals surface area contributed by atoms with Crippen molar-refractivity contribution in [3.8, 4) is 22.8 Å². The molecule has 1 atom stereocenters. The Morgan fingerprint density at radius 1 is 1.19 bits per heavy atom. The molecule has 5 rings (SSSR count). The van der Waals surface area contributed by atoms with Crippen LogP contribution < -0.4 is 9.47 Å². The highest BCUT2D eigenvalue weighted by molar-refractivity contribution is 7.84. The molecule has 0 N–H and O–H groups in total. The molecule has 2 aliphatic heterocycles. The SMILES string of the molecule is COc1cc(S(C)=O)ccc1C(=O)N1CCC2(CC1)Oc1ccccc1-c1c2cnn1C. The maximum absolute atomic E-state index is 13.3. The van der Waals surface area contributed by atoms with Crippen molar-refractivity contribution in [1.29, 1.82) is 0 Å². The standard InChI is InChI=1S/C24H25N3O4S/c1-26-22-17-6-4-5-7-20(17)31-24(19(22)15-25-26)10-12-27(13-11-24)23(28)18-9-8-16(32(3)29)14-21(18)30-2/h4-9,14-15H,10-13H2,1-3H3. The second-order valence-corrected chi connectivity index (χ2v) is 9.61. The van der Waals surface area contributed by atoms with Crippen molar-refractivity contribution in [2.75, 3.05) is 26.5 Å². The minimum atomic E-state index is -1.14. The summed E-state index contributed by atoms with van der Waals surface area (Å²) in [6, 6.07) is 13.1. The molecule has 1 saturated heterocycles. The van der Waals surface area contributed by atoms with E-state index < -0.39 is 16.4 Å². The van der Waals surface area contributed by atoms with E-state index in [4.69, 9.17) is 9.47 Å². The van der Waals surface area contributed by atoms with Gasteiger partial charge in [0.25, 0.3) is 5.91 Å². The lowest BCUT2D eigenvalue weighted by molar-refractivity contribution is -0.00179. The number of hydrogen-bond donors (Lipinski definition) is 0. The summed E-state index contributed by atoms with van der Waals surface area (Å²) in [5.41, 5.74) is 3.19. The number of para-hydroxylation sites is 1. The van der Waals surface area contributed by atoms with Gasteiger partial charge in [-0.25, -0.2) is 0 Å². The summed E-state index contributed by atoms with van der Waals surface area (Å²) in [7, 11) is 2.33. The van der Waals surface area contributed by atoms with Crippen molar-refractivity contribution in [2.24, 2.45) is 7.05 Å². The highest BCUT2D eigenvalue weighted by Gasteiger charge is 2.46. The Morgan fingerprint density at radius 3 is 2.66 bits per heavy atom. The van der Waals surface area contributed by atoms with Crippen molar-refractivity contribution in [2.45, 2.75) is 23.3 Å². The van der Waals surface area contributed by atoms with Crippen LogP contribution in [0.3, 0.4) is 0 Å². The summed E-state index contributed by atoms with van der Waals surface area (Å²) in [6.07, 6.45) is 4.85. The van der Waals surface area contributed by atoms with Gasteiger partial charge in [0.15, 0.2) is 0 Å². The molecule has 166 valence electrons. The number of benzene rings is 2. The number of piperidine rings is 1. The zero-order valence-electron chi connectivity index (χ0n) is 18.3. The Morgan fingerprint density at radius 2 is 1.94 bits per heavy atom. The highest BCUT2D eigenvalue weighted by atomic mass is 32.2. The number of likely N-dealkylation sites (tertiary alicyclic amines) is 1. The minimum absolute atomic E-state index is 0.0900. The van der Waals surface area contributed by atoms with Crippen molar-refractivity contribution in [1.82, 2.24) is 14.7 Å². The first kappa shape index (κ1) is 20.8. The van der Waals surface area contributed by atoms with E-state index in [0.29, 0.717) is 42.1 Å². The number of amides is 1. The molecule has 1 amide bonds. The summed E-state index contributed by atoms with van der Waals surface area (Å²) < 4.78 is 25.7. The predicted octanol–water partition coefficient (Wildman–Crippen LogP) is 3.36. The molecule has 0 bridgehead atoms. The average molecular weight is 452 g/mol. The van der Waals surface area contributed by atoms with Crippen LogP contribution in [-0.4, -0.2) is 51.3 Å². The summed E-state index contributed by atoms with van der Waals surface area (Å²) in [6.45, 7) is 1.11. The van der Waals surface area contributed by atoms with Crippen LogP contribution in [0.5, 0.6) is 11.5 Å². The van der Waals surface area contributed by atoms with Crippen LogP contribution in [-0.2, 0) is 23.4 Å². The van der Waals surface area contributed by atoms with Gasteiger partial charge < -0.3 is 14.4 Å². The van der Waals surface area contributed by atoms with Gasteiger partial charge in [0.05, 0.1) is 24.6 Å². The number of rotatable bonds is 3. The Labute approximate surface area is 189 Å². The Kier molecular flexibility index (Phi) is 5.04. The van der Waals surface area contributed by atoms with E-state index in [1.165, 1.54) is 7.11 Å². The first-order valence-electron chi connectivity index (χ1n) is 10.6. The largest absolute Gasteiger partial charge is 0.496 e. The van der Waals surface area contributed by atoms with Gasteiger partial charge in [-0.1, -0.05) is 12.1 Å². The molecular weight excluding hydrogens is 426 g/mol. The number of carbonyl (C=O) groups is 1. The number of nitrogens with zero attached hydrogens (tertiary/aromatic N) is 3. The Balaban J connectivity index is 1.41. The van der Waals surface area contributed by atoms with Crippen LogP contribution in [0.1, 0.15) is 28.8 Å². The van der Waals surface area contributed by atoms with E-state index in [2.05, 4.69) is 11.2 Å². The number of aromatic nitrogens is 2. The van der Waals surface area contributed by atoms with Crippen LogP contribution in [0, 0.1) is 0 Å². The highest BCUT2D eigenvalue weighted by Crippen LogP contribution is 2.49. The zero-order valence-corrected chi connectivity index (χ0v) is 19.1. The molecular formula is C24H25N3O4S. The van der Waals surface area contributed by atoms with Crippen LogP contribution >= 0.6 is 0 Å². The first-order chi connectivity index (χ1) is 15.4. The van der Waals surface area contributed by atoms with Crippen molar-refractivity contribution in [3.63, 3.8) is 0 Å². The van der Waals surface area contributed by atoms with E-state index >= 15 is 0 Å². The molecule has 0 radical (unpaired) electrons. The van der Waals surface area contributed by atoms with Gasteiger partial charge >= 0.3 is 0 Å². The molecule has 8 heteroatoms. The van der Waals surface area contributed by atoms with Crippen LogP contribution in [0.2, 0.25) is 0 Å². The molecule has 1 spiro atoms. The fraction of sp³-hybridized carbons (Fsp3) is 0.333. The van der Waals surface area contributed by atoms with Gasteiger partial charge in [-0.2, -0.15) is 5.10 Å². The van der Waals surface area contributed by atoms with Gasteiger partial charge in [-0.05, 0) is 30.3 Å². The second kappa shape index (κ2) is 7.78. The first-order valence-corrected chi connectivity index (χ1v) is 12.1. The van der Waals surface area contributed by atoms with Crippen LogP contribution in [0.25, 0.3) is 11.3 Å². The third kappa shape index (κ3) is 3.21. The predicted molar refractivity (Wildman–Crippen MR) is 121 cm³/mol. The van der Waals surface area contributed by atoms with E-state index in [0.717, 1.165) is 22.6 Å². The molecule has 7 nitrogen and oxygen atoms in total. The van der Waals surface area contributed by atoms with E-state index in [1.54, 1.807) is 24.5 Å². The number of hydrogen-bond acceptors (Lipinski definition) is 5. The van der Waals surface area contributed by atoms with Crippen LogP contribution in [0.4, 0.5) is 0 Å². The van der Waals surface area contributed by atoms with Gasteiger partial charge in [-0.3, -0.25) is 13.7 Å². The maximum atomic E-state index is 13.3. The number of ether oxygens (including phenoxy) is 2. The lowest BCUT2D eigenvalue weighted by Crippen LogP contribution is -2.49. The third-order valence-electron chi connectivity index (χ3n) is 6.47. The number of aryl methyl sites for hydroxylation is 1. The van der Waals surface area contributed by atoms with Crippen molar-refractivity contribution < 1.29 is 18.5 Å². The topological polar surface area (TPSA) is 73.7 Å². The number of carbonyl (C=O) groups excluding carboxylic acids is 1. The Bertz CT molecular complexity index is 1230. The molecule has 32 heavy (non-hydrogen) atoms. The fourth-order valence-electron chi connectivity index (χ4n) is 4.75. The third-order valence-corrected chi connectivity index (χ3v) is 7.39. The zero-order chi connectivity index (χ0) is 22.5. The molecule has 1 aromatic heterocycles. The van der Waals surface area contributed by atoms with E-state index in [9.17, 15) is 9.00 Å². The monoisotopic (exact) mass is 451 g/mol. The van der Waals surface area contributed by atoms with Gasteiger partial charge in [-0.15, -0.1) is 0 Å². The fourth-order valence-corrected chi connectivity index (χ4v) is 5.28. The molecule has 3 heterocycles. The van der Waals surface area contributed by atoms with Gasteiger partial charge in [0.1, 0.15) is 17.1 Å². The summed E-state index contributed by atoms with van der Waals surface area (Å²) in [5.74, 6) is 1.21. The Hall–Kier alpha value is -3.13. The molecule has 0 aliphatic carbocycles. The molecule has 0 saturated carbocycles. The molecule has 2 aromatic carbocycles. The summed E-state index contributed by atoms with van der Waals surface area (Å²) in [4.78, 5) is 15.8. The van der Waals surface area contributed by atoms with Crippen molar-refractivity contribution >= 4 is 16.7 Å². The van der Waals surface area contributed by atoms with E-state index in [-0.39, 0.29) is 5.91 Å². The minimum Gasteiger partial charge on any atom is -0.496 e. The normalized spacial score (nSPS) is 17.3. The van der Waals surface area contributed by atoms with Crippen molar-refractivity contribution in [3.05, 3.63) is 59.8 Å². The van der Waals surface area contributed by atoms with Gasteiger partial charge in [0.2, 0.25) is 0 Å². The molecule has 1 unspecified atom stereocenters. The quantitative estimate of drug-likeness (QED) is 0.611. The lowest BCUT2D eigenvalue weighted by Gasteiger charge is -2.44. The average Bonchev–Trinajstić information content (AvgIpc) is 3.21. The number of methoxy groups -OCH3 is 1. The molecule has 3 aromatic rings. The second-order valence-electron chi connectivity index (χ2n) is 8.23. The summed E-state index contributed by atoms with van der Waals surface area (Å²) >= 11 is 0. The van der Waals surface area contributed by atoms with Gasteiger partial charge in [0, 0.05) is 66.1 Å². The number of fused-ring (bicyclic) bond motifs is 4. The van der Waals surface area contributed by atoms with Crippen LogP contribution in [0.15, 0.2) is 53.6 Å². The van der Waals surface area contributed by atoms with E-state index in [1.807, 2.05) is 41.0 Å². The lowest BCUT2D eigenvalue weighted by atomic mass is 9.81.